The van der Waals surface area contributed by atoms with Crippen LogP contribution in [0, 0.1) is 19.7 Å². The largest absolute Gasteiger partial charge is 0.511 e. The number of fused-ring (bicyclic) bond motifs is 1. The number of aromatic nitrogens is 4. The maximum atomic E-state index is 14.6. The maximum Gasteiger partial charge on any atom is 0.511 e. The number of aryl methyl sites for hydroxylation is 2. The molecule has 0 aliphatic carbocycles. The van der Waals surface area contributed by atoms with Crippen LogP contribution < -0.4 is 15.0 Å². The average Bonchev–Trinajstić information content (AvgIpc) is 3.09. The molecule has 2 aromatic heterocycles. The normalized spacial score (nSPS) is 10.9. The third-order valence-electron chi connectivity index (χ3n) is 4.15. The van der Waals surface area contributed by atoms with Crippen molar-refractivity contribution in [3.63, 3.8) is 0 Å². The Labute approximate surface area is 168 Å². The number of aromatic amines is 1. The van der Waals surface area contributed by atoms with Crippen LogP contribution in [0.3, 0.4) is 0 Å². The summed E-state index contributed by atoms with van der Waals surface area (Å²) in [6.45, 7) is 3.80. The molecule has 9 nitrogen and oxygen atoms in total. The lowest BCUT2D eigenvalue weighted by molar-refractivity contribution is 0.144. The molecule has 0 saturated carbocycles. The van der Waals surface area contributed by atoms with E-state index in [1.165, 1.54) is 12.3 Å². The second kappa shape index (κ2) is 7.32. The number of carboxylic acid groups (broad SMARTS) is 1. The molecular formula is C20H15FN4O5. The predicted octanol–water partition coefficient (Wildman–Crippen LogP) is 3.71. The van der Waals surface area contributed by atoms with Crippen LogP contribution >= 0.6 is 0 Å². The van der Waals surface area contributed by atoms with Gasteiger partial charge in [-0.3, -0.25) is 9.78 Å². The minimum absolute atomic E-state index is 0.0323. The van der Waals surface area contributed by atoms with Crippen LogP contribution in [0.25, 0.3) is 16.9 Å². The number of H-pyrrole nitrogens is 1. The second-order valence-corrected chi connectivity index (χ2v) is 6.60. The number of hydrogen-bond acceptors (Lipinski definition) is 6. The molecule has 4 aromatic rings. The highest BCUT2D eigenvalue weighted by Crippen LogP contribution is 2.28. The average molecular weight is 410 g/mol. The third kappa shape index (κ3) is 3.83. The summed E-state index contributed by atoms with van der Waals surface area (Å²) in [6.07, 6.45) is 0.846. The van der Waals surface area contributed by atoms with Gasteiger partial charge in [0.05, 0.1) is 23.3 Å². The first kappa shape index (κ1) is 19.1. The fourth-order valence-corrected chi connectivity index (χ4v) is 3.01. The molecule has 0 aliphatic heterocycles. The molecular weight excluding hydrogens is 395 g/mol. The smallest absolute Gasteiger partial charge is 0.454 e. The van der Waals surface area contributed by atoms with Crippen molar-refractivity contribution in [3.8, 4) is 23.2 Å². The highest BCUT2D eigenvalue weighted by Gasteiger charge is 2.14. The van der Waals surface area contributed by atoms with E-state index in [-0.39, 0.29) is 28.4 Å². The van der Waals surface area contributed by atoms with E-state index in [1.807, 2.05) is 19.9 Å². The van der Waals surface area contributed by atoms with Crippen LogP contribution in [0.5, 0.6) is 17.2 Å². The summed E-state index contributed by atoms with van der Waals surface area (Å²) in [6, 6.07) is 7.85. The molecule has 0 bridgehead atoms. The molecule has 0 amide bonds. The van der Waals surface area contributed by atoms with Crippen molar-refractivity contribution in [2.45, 2.75) is 13.8 Å². The fourth-order valence-electron chi connectivity index (χ4n) is 3.01. The quantitative estimate of drug-likeness (QED) is 0.492. The monoisotopic (exact) mass is 410 g/mol. The maximum absolute atomic E-state index is 14.6. The SMILES string of the molecule is Cc1cc(C)cc(Oc2cc3c(=O)[nH]c(-n4cc(OC(=O)O)cn4)nc3cc2F)c1. The summed E-state index contributed by atoms with van der Waals surface area (Å²) in [7, 11) is 0. The van der Waals surface area contributed by atoms with Crippen molar-refractivity contribution in [3.05, 3.63) is 70.0 Å². The van der Waals surface area contributed by atoms with Gasteiger partial charge in [0.25, 0.3) is 5.56 Å². The molecule has 152 valence electrons. The molecule has 4 rings (SSSR count). The van der Waals surface area contributed by atoms with Gasteiger partial charge in [0.15, 0.2) is 17.3 Å². The van der Waals surface area contributed by atoms with Crippen molar-refractivity contribution >= 4 is 17.1 Å². The van der Waals surface area contributed by atoms with Gasteiger partial charge >= 0.3 is 6.16 Å². The van der Waals surface area contributed by atoms with E-state index in [0.717, 1.165) is 28.1 Å². The molecule has 2 heterocycles. The van der Waals surface area contributed by atoms with E-state index in [4.69, 9.17) is 9.84 Å². The Morgan fingerprint density at radius 2 is 1.87 bits per heavy atom. The number of benzene rings is 2. The molecule has 10 heteroatoms. The van der Waals surface area contributed by atoms with E-state index >= 15 is 0 Å². The van der Waals surface area contributed by atoms with E-state index in [9.17, 15) is 14.0 Å². The Kier molecular flexibility index (Phi) is 4.66. The summed E-state index contributed by atoms with van der Waals surface area (Å²) >= 11 is 0. The molecule has 0 radical (unpaired) electrons. The summed E-state index contributed by atoms with van der Waals surface area (Å²) in [5.41, 5.74) is 1.45. The summed E-state index contributed by atoms with van der Waals surface area (Å²) < 4.78 is 25.9. The number of hydrogen-bond donors (Lipinski definition) is 2. The lowest BCUT2D eigenvalue weighted by Gasteiger charge is -2.10. The van der Waals surface area contributed by atoms with E-state index in [2.05, 4.69) is 19.8 Å². The Hall–Kier alpha value is -4.21. The van der Waals surface area contributed by atoms with E-state index in [1.54, 1.807) is 12.1 Å². The van der Waals surface area contributed by atoms with Crippen LogP contribution in [0.15, 0.2) is 47.5 Å². The van der Waals surface area contributed by atoms with E-state index in [0.29, 0.717) is 5.75 Å². The van der Waals surface area contributed by atoms with Gasteiger partial charge in [-0.05, 0) is 43.2 Å². The van der Waals surface area contributed by atoms with Gasteiger partial charge in [-0.2, -0.15) is 5.10 Å². The van der Waals surface area contributed by atoms with Crippen molar-refractivity contribution in [2.75, 3.05) is 0 Å². The molecule has 0 saturated heterocycles. The van der Waals surface area contributed by atoms with Gasteiger partial charge in [-0.15, -0.1) is 0 Å². The first-order valence-electron chi connectivity index (χ1n) is 8.74. The predicted molar refractivity (Wildman–Crippen MR) is 104 cm³/mol. The Bertz CT molecular complexity index is 1320. The van der Waals surface area contributed by atoms with Gasteiger partial charge in [0.1, 0.15) is 5.75 Å². The fraction of sp³-hybridized carbons (Fsp3) is 0.100. The molecule has 2 aromatic carbocycles. The number of nitrogens with zero attached hydrogens (tertiary/aromatic N) is 3. The number of halogens is 1. The standard InChI is InChI=1S/C20H15FN4O5/c1-10-3-11(2)5-12(4-10)29-17-6-14-16(7-15(17)21)23-19(24-18(14)26)25-9-13(8-22-25)30-20(27)28/h3-9H,1-2H3,(H,27,28)(H,23,24,26). The molecule has 0 unspecified atom stereocenters. The molecule has 2 N–H and O–H groups in total. The number of rotatable bonds is 4. The van der Waals surface area contributed by atoms with Crippen molar-refractivity contribution in [1.82, 2.24) is 19.7 Å². The first-order chi connectivity index (χ1) is 14.3. The van der Waals surface area contributed by atoms with Crippen LogP contribution in [-0.4, -0.2) is 31.0 Å². The topological polar surface area (TPSA) is 119 Å². The molecule has 0 spiro atoms. The van der Waals surface area contributed by atoms with E-state index < -0.39 is 17.5 Å². The molecule has 0 atom stereocenters. The van der Waals surface area contributed by atoms with Crippen LogP contribution in [-0.2, 0) is 0 Å². The molecule has 30 heavy (non-hydrogen) atoms. The highest BCUT2D eigenvalue weighted by atomic mass is 19.1. The summed E-state index contributed by atoms with van der Waals surface area (Å²) in [5, 5.41) is 12.6. The number of carbonyl (C=O) groups is 1. The van der Waals surface area contributed by atoms with Gasteiger partial charge in [-0.25, -0.2) is 18.9 Å². The summed E-state index contributed by atoms with van der Waals surface area (Å²) in [4.78, 5) is 29.8. The Morgan fingerprint density at radius 3 is 2.57 bits per heavy atom. The van der Waals surface area contributed by atoms with Crippen molar-refractivity contribution in [2.24, 2.45) is 0 Å². The van der Waals surface area contributed by atoms with Gasteiger partial charge in [-0.1, -0.05) is 6.07 Å². The lowest BCUT2D eigenvalue weighted by atomic mass is 10.1. The number of ether oxygens (including phenoxy) is 2. The van der Waals surface area contributed by atoms with Gasteiger partial charge in [0, 0.05) is 6.07 Å². The number of nitrogens with one attached hydrogen (secondary N) is 1. The minimum Gasteiger partial charge on any atom is -0.454 e. The van der Waals surface area contributed by atoms with Crippen LogP contribution in [0.2, 0.25) is 0 Å². The zero-order chi connectivity index (χ0) is 21.4. The van der Waals surface area contributed by atoms with Crippen LogP contribution in [0.1, 0.15) is 11.1 Å². The minimum atomic E-state index is -1.51. The Morgan fingerprint density at radius 1 is 1.13 bits per heavy atom. The van der Waals surface area contributed by atoms with Crippen molar-refractivity contribution < 1.29 is 23.8 Å². The van der Waals surface area contributed by atoms with Crippen LogP contribution in [0.4, 0.5) is 9.18 Å². The Balaban J connectivity index is 1.72. The molecule has 0 aliphatic rings. The highest BCUT2D eigenvalue weighted by molar-refractivity contribution is 5.80. The summed E-state index contributed by atoms with van der Waals surface area (Å²) in [5.74, 6) is -0.442. The zero-order valence-corrected chi connectivity index (χ0v) is 15.8. The lowest BCUT2D eigenvalue weighted by Crippen LogP contribution is -2.14. The first-order valence-corrected chi connectivity index (χ1v) is 8.74. The third-order valence-corrected chi connectivity index (χ3v) is 4.15. The zero-order valence-electron chi connectivity index (χ0n) is 15.8. The van der Waals surface area contributed by atoms with Gasteiger partial charge in [0.2, 0.25) is 5.95 Å². The van der Waals surface area contributed by atoms with Crippen molar-refractivity contribution in [1.29, 1.82) is 0 Å². The second-order valence-electron chi connectivity index (χ2n) is 6.60. The van der Waals surface area contributed by atoms with Gasteiger partial charge < -0.3 is 14.6 Å². The molecule has 0 fully saturated rings.